The molecule has 1 aliphatic heterocycles. The molecule has 0 radical (unpaired) electrons. The van der Waals surface area contributed by atoms with E-state index >= 15 is 0 Å². The van der Waals surface area contributed by atoms with E-state index in [0.29, 0.717) is 12.0 Å². The first-order chi connectivity index (χ1) is 11.2. The fourth-order valence-electron chi connectivity index (χ4n) is 4.19. The molecule has 1 aromatic carbocycles. The summed E-state index contributed by atoms with van der Waals surface area (Å²) < 4.78 is 19.0. The van der Waals surface area contributed by atoms with E-state index in [2.05, 4.69) is 10.6 Å². The lowest BCUT2D eigenvalue weighted by Gasteiger charge is -2.33. The van der Waals surface area contributed by atoms with Crippen molar-refractivity contribution >= 4 is 6.03 Å². The van der Waals surface area contributed by atoms with Gasteiger partial charge in [-0.2, -0.15) is 0 Å². The number of rotatable bonds is 3. The van der Waals surface area contributed by atoms with Crippen molar-refractivity contribution in [2.24, 2.45) is 5.92 Å². The number of fused-ring (bicyclic) bond motifs is 1. The van der Waals surface area contributed by atoms with Crippen LogP contribution < -0.4 is 10.6 Å². The summed E-state index contributed by atoms with van der Waals surface area (Å²) >= 11 is 0. The van der Waals surface area contributed by atoms with Gasteiger partial charge < -0.3 is 15.4 Å². The van der Waals surface area contributed by atoms with E-state index < -0.39 is 0 Å². The topological polar surface area (TPSA) is 50.4 Å². The number of ether oxygens (including phenoxy) is 1. The summed E-state index contributed by atoms with van der Waals surface area (Å²) in [5.74, 6) is 0.491. The third kappa shape index (κ3) is 3.20. The van der Waals surface area contributed by atoms with Gasteiger partial charge in [0.1, 0.15) is 5.82 Å². The number of urea groups is 1. The molecular weight excluding hydrogens is 295 g/mol. The molecule has 4 nitrogen and oxygen atoms in total. The summed E-state index contributed by atoms with van der Waals surface area (Å²) in [6.45, 7) is 0.819. The van der Waals surface area contributed by atoms with Gasteiger partial charge in [-0.05, 0) is 49.8 Å². The summed E-state index contributed by atoms with van der Waals surface area (Å²) in [6, 6.07) is 6.91. The number of hydrogen-bond acceptors (Lipinski definition) is 2. The van der Waals surface area contributed by atoms with Gasteiger partial charge in [-0.15, -0.1) is 0 Å². The quantitative estimate of drug-likeness (QED) is 0.900. The molecule has 5 heteroatoms. The number of carbonyl (C=O) groups is 1. The Labute approximate surface area is 135 Å². The molecule has 1 aromatic rings. The number of benzene rings is 1. The second-order valence-corrected chi connectivity index (χ2v) is 7.02. The fraction of sp³-hybridized carbons (Fsp3) is 0.611. The Kier molecular flexibility index (Phi) is 3.97. The Morgan fingerprint density at radius 2 is 2.04 bits per heavy atom. The van der Waals surface area contributed by atoms with Crippen molar-refractivity contribution in [1.29, 1.82) is 0 Å². The highest BCUT2D eigenvalue weighted by Crippen LogP contribution is 2.41. The number of halogens is 1. The van der Waals surface area contributed by atoms with E-state index in [0.717, 1.165) is 44.3 Å². The molecule has 0 aromatic heterocycles. The van der Waals surface area contributed by atoms with Crippen molar-refractivity contribution in [3.63, 3.8) is 0 Å². The normalized spacial score (nSPS) is 35.4. The summed E-state index contributed by atoms with van der Waals surface area (Å²) in [4.78, 5) is 12.3. The largest absolute Gasteiger partial charge is 0.378 e. The maximum absolute atomic E-state index is 13.3. The molecule has 2 amide bonds. The van der Waals surface area contributed by atoms with Crippen molar-refractivity contribution in [1.82, 2.24) is 10.6 Å². The van der Waals surface area contributed by atoms with Crippen LogP contribution in [0.2, 0.25) is 0 Å². The van der Waals surface area contributed by atoms with Crippen LogP contribution in [0, 0.1) is 11.7 Å². The summed E-state index contributed by atoms with van der Waals surface area (Å²) in [5, 5.41) is 6.18. The average molecular weight is 318 g/mol. The highest BCUT2D eigenvalue weighted by Gasteiger charge is 2.41. The zero-order chi connectivity index (χ0) is 15.8. The fourth-order valence-corrected chi connectivity index (χ4v) is 4.19. The van der Waals surface area contributed by atoms with Crippen molar-refractivity contribution in [2.75, 3.05) is 6.61 Å². The second kappa shape index (κ2) is 6.11. The predicted molar refractivity (Wildman–Crippen MR) is 84.7 cm³/mol. The molecule has 2 saturated carbocycles. The van der Waals surface area contributed by atoms with E-state index in [9.17, 15) is 9.18 Å². The Bertz CT molecular complexity index is 594. The zero-order valence-electron chi connectivity index (χ0n) is 13.1. The van der Waals surface area contributed by atoms with Gasteiger partial charge in [-0.25, -0.2) is 9.18 Å². The molecule has 2 aliphatic carbocycles. The molecule has 5 atom stereocenters. The van der Waals surface area contributed by atoms with Crippen molar-refractivity contribution in [2.45, 2.75) is 56.2 Å². The van der Waals surface area contributed by atoms with Gasteiger partial charge in [0.05, 0.1) is 6.10 Å². The Hall–Kier alpha value is -1.62. The molecule has 1 saturated heterocycles. The minimum atomic E-state index is -0.216. The predicted octanol–water partition coefficient (Wildman–Crippen LogP) is 2.94. The van der Waals surface area contributed by atoms with Gasteiger partial charge in [-0.1, -0.05) is 12.1 Å². The van der Waals surface area contributed by atoms with Gasteiger partial charge in [0.15, 0.2) is 0 Å². The van der Waals surface area contributed by atoms with Crippen LogP contribution in [0.15, 0.2) is 24.3 Å². The molecule has 4 rings (SSSR count). The van der Waals surface area contributed by atoms with Crippen LogP contribution in [0.5, 0.6) is 0 Å². The van der Waals surface area contributed by atoms with E-state index in [1.807, 2.05) is 6.07 Å². The van der Waals surface area contributed by atoms with Crippen LogP contribution in [0.3, 0.4) is 0 Å². The monoisotopic (exact) mass is 318 g/mol. The first kappa shape index (κ1) is 14.9. The molecule has 124 valence electrons. The Morgan fingerprint density at radius 1 is 1.17 bits per heavy atom. The molecule has 3 aliphatic rings. The van der Waals surface area contributed by atoms with E-state index in [4.69, 9.17) is 4.74 Å². The molecule has 1 heterocycles. The summed E-state index contributed by atoms with van der Waals surface area (Å²) in [6.07, 6.45) is 5.53. The first-order valence-corrected chi connectivity index (χ1v) is 8.65. The van der Waals surface area contributed by atoms with Crippen molar-refractivity contribution in [3.05, 3.63) is 35.6 Å². The molecule has 23 heavy (non-hydrogen) atoms. The number of amides is 2. The van der Waals surface area contributed by atoms with Crippen molar-refractivity contribution in [3.8, 4) is 0 Å². The van der Waals surface area contributed by atoms with Gasteiger partial charge in [-0.3, -0.25) is 0 Å². The van der Waals surface area contributed by atoms with Crippen LogP contribution in [-0.2, 0) is 4.74 Å². The third-order valence-electron chi connectivity index (χ3n) is 5.48. The minimum Gasteiger partial charge on any atom is -0.378 e. The van der Waals surface area contributed by atoms with Crippen LogP contribution >= 0.6 is 0 Å². The summed E-state index contributed by atoms with van der Waals surface area (Å²) in [7, 11) is 0. The average Bonchev–Trinajstić information content (AvgIpc) is 3.11. The molecule has 0 unspecified atom stereocenters. The van der Waals surface area contributed by atoms with Gasteiger partial charge in [0.25, 0.3) is 0 Å². The highest BCUT2D eigenvalue weighted by atomic mass is 19.1. The highest BCUT2D eigenvalue weighted by molar-refractivity contribution is 5.75. The van der Waals surface area contributed by atoms with E-state index in [1.165, 1.54) is 6.07 Å². The SMILES string of the molecule is O=C(N[C@@H]1CCC[C@H]2OCC[C@H]12)N[C@@H]1C[C@@H]1c1cccc(F)c1. The van der Waals surface area contributed by atoms with Gasteiger partial charge in [0.2, 0.25) is 0 Å². The van der Waals surface area contributed by atoms with Crippen molar-refractivity contribution < 1.29 is 13.9 Å². The Balaban J connectivity index is 1.29. The molecule has 3 fully saturated rings. The van der Waals surface area contributed by atoms with E-state index in [1.54, 1.807) is 12.1 Å². The first-order valence-electron chi connectivity index (χ1n) is 8.65. The van der Waals surface area contributed by atoms with Crippen LogP contribution in [0.1, 0.15) is 43.6 Å². The lowest BCUT2D eigenvalue weighted by atomic mass is 9.82. The lowest BCUT2D eigenvalue weighted by molar-refractivity contribution is 0.0549. The smallest absolute Gasteiger partial charge is 0.315 e. The van der Waals surface area contributed by atoms with Crippen LogP contribution in [-0.4, -0.2) is 30.8 Å². The third-order valence-corrected chi connectivity index (χ3v) is 5.48. The number of nitrogens with one attached hydrogen (secondary N) is 2. The molecule has 2 N–H and O–H groups in total. The minimum absolute atomic E-state index is 0.0912. The van der Waals surface area contributed by atoms with Gasteiger partial charge >= 0.3 is 6.03 Å². The zero-order valence-corrected chi connectivity index (χ0v) is 13.1. The van der Waals surface area contributed by atoms with Gasteiger partial charge in [0, 0.05) is 30.5 Å². The molecule has 0 spiro atoms. The molecular formula is C18H23FN2O2. The van der Waals surface area contributed by atoms with Crippen LogP contribution in [0.25, 0.3) is 0 Å². The second-order valence-electron chi connectivity index (χ2n) is 7.02. The Morgan fingerprint density at radius 3 is 2.91 bits per heavy atom. The maximum atomic E-state index is 13.3. The van der Waals surface area contributed by atoms with E-state index in [-0.39, 0.29) is 29.8 Å². The molecule has 0 bridgehead atoms. The number of carbonyl (C=O) groups excluding carboxylic acids is 1. The maximum Gasteiger partial charge on any atom is 0.315 e. The summed E-state index contributed by atoms with van der Waals surface area (Å²) in [5.41, 5.74) is 0.970. The lowest BCUT2D eigenvalue weighted by Crippen LogP contribution is -2.49. The van der Waals surface area contributed by atoms with Crippen LogP contribution in [0.4, 0.5) is 9.18 Å². The number of hydrogen-bond donors (Lipinski definition) is 2. The standard InChI is InChI=1S/C18H23FN2O2/c19-12-4-1-3-11(9-12)14-10-16(14)21-18(22)20-15-5-2-6-17-13(15)7-8-23-17/h1,3-4,9,13-17H,2,5-8,10H2,(H2,20,21,22)/t13-,14-,15-,16-,17-/m1/s1.